The van der Waals surface area contributed by atoms with Crippen LogP contribution in [0.4, 0.5) is 5.69 Å². The van der Waals surface area contributed by atoms with Crippen LogP contribution < -0.4 is 11.3 Å². The Balaban J connectivity index is 1.58. The second kappa shape index (κ2) is 6.17. The van der Waals surface area contributed by atoms with Gasteiger partial charge in [0.1, 0.15) is 16.9 Å². The number of likely N-dealkylation sites (tertiary alicyclic amines) is 1. The number of hydrogen-bond donors (Lipinski definition) is 3. The van der Waals surface area contributed by atoms with Crippen LogP contribution in [-0.2, 0) is 0 Å². The molecular weight excluding hydrogens is 360 g/mol. The molecule has 5 heterocycles. The lowest BCUT2D eigenvalue weighted by Gasteiger charge is -2.28. The molecule has 5 rings (SSSR count). The van der Waals surface area contributed by atoms with Gasteiger partial charge in [-0.25, -0.2) is 9.97 Å². The summed E-state index contributed by atoms with van der Waals surface area (Å²) in [5.41, 5.74) is 10.2. The lowest BCUT2D eigenvalue weighted by molar-refractivity contribution is 0.253. The van der Waals surface area contributed by atoms with Gasteiger partial charge in [-0.1, -0.05) is 0 Å². The molecule has 0 saturated carbocycles. The summed E-state index contributed by atoms with van der Waals surface area (Å²) < 4.78 is 0.866. The number of piperidine rings is 1. The Kier molecular flexibility index (Phi) is 3.76. The molecule has 4 aromatic heterocycles. The van der Waals surface area contributed by atoms with E-state index in [9.17, 15) is 4.79 Å². The third-order valence-electron chi connectivity index (χ3n) is 5.39. The summed E-state index contributed by atoms with van der Waals surface area (Å²) in [5.74, 6) is 0.931. The highest BCUT2D eigenvalue weighted by molar-refractivity contribution is 7.17. The van der Waals surface area contributed by atoms with Crippen LogP contribution in [0.1, 0.15) is 24.5 Å². The number of fused-ring (bicyclic) bond motifs is 2. The van der Waals surface area contributed by atoms with E-state index in [2.05, 4.69) is 33.0 Å². The summed E-state index contributed by atoms with van der Waals surface area (Å²) >= 11 is 1.50. The molecule has 4 N–H and O–H groups in total. The number of nitrogens with zero attached hydrogens (tertiary/aromatic N) is 3. The number of imidazole rings is 1. The minimum atomic E-state index is -0.243. The molecule has 0 atom stereocenters. The molecule has 0 unspecified atom stereocenters. The van der Waals surface area contributed by atoms with Gasteiger partial charge in [-0.15, -0.1) is 11.3 Å². The Morgan fingerprint density at radius 1 is 1.19 bits per heavy atom. The van der Waals surface area contributed by atoms with E-state index in [1.807, 2.05) is 17.5 Å². The predicted octanol–water partition coefficient (Wildman–Crippen LogP) is 2.92. The lowest BCUT2D eigenvalue weighted by atomic mass is 9.93. The van der Waals surface area contributed by atoms with Crippen molar-refractivity contribution in [2.24, 2.45) is 0 Å². The molecule has 1 aliphatic heterocycles. The molecule has 0 aromatic carbocycles. The van der Waals surface area contributed by atoms with Gasteiger partial charge in [-0.3, -0.25) is 4.79 Å². The molecule has 1 fully saturated rings. The van der Waals surface area contributed by atoms with E-state index in [0.717, 1.165) is 47.4 Å². The molecule has 7 nitrogen and oxygen atoms in total. The van der Waals surface area contributed by atoms with Gasteiger partial charge in [0, 0.05) is 11.6 Å². The highest BCUT2D eigenvalue weighted by atomic mass is 32.1. The largest absolute Gasteiger partial charge is 0.397 e. The summed E-state index contributed by atoms with van der Waals surface area (Å²) in [5, 5.41) is 1.91. The Bertz CT molecular complexity index is 1200. The van der Waals surface area contributed by atoms with Gasteiger partial charge in [0.25, 0.3) is 5.56 Å². The Morgan fingerprint density at radius 2 is 2.00 bits per heavy atom. The number of thiophene rings is 1. The summed E-state index contributed by atoms with van der Waals surface area (Å²) in [4.78, 5) is 30.4. The minimum absolute atomic E-state index is 0.243. The van der Waals surface area contributed by atoms with Crippen molar-refractivity contribution >= 4 is 38.4 Å². The van der Waals surface area contributed by atoms with Crippen molar-refractivity contribution in [3.05, 3.63) is 39.6 Å². The van der Waals surface area contributed by atoms with E-state index in [-0.39, 0.29) is 5.56 Å². The van der Waals surface area contributed by atoms with Crippen molar-refractivity contribution in [3.63, 3.8) is 0 Å². The highest BCUT2D eigenvalue weighted by Gasteiger charge is 2.21. The number of aromatic nitrogens is 4. The molecule has 1 aliphatic rings. The fourth-order valence-electron chi connectivity index (χ4n) is 3.83. The third-order valence-corrected chi connectivity index (χ3v) is 6.34. The predicted molar refractivity (Wildman–Crippen MR) is 109 cm³/mol. The molecule has 0 bridgehead atoms. The monoisotopic (exact) mass is 380 g/mol. The van der Waals surface area contributed by atoms with Crippen LogP contribution in [0.15, 0.2) is 28.4 Å². The first-order valence-electron chi connectivity index (χ1n) is 9.04. The molecule has 138 valence electrons. The topological polar surface area (TPSA) is 104 Å². The lowest BCUT2D eigenvalue weighted by Crippen LogP contribution is -2.29. The number of aromatic amines is 2. The number of pyridine rings is 2. The van der Waals surface area contributed by atoms with E-state index in [0.29, 0.717) is 28.6 Å². The minimum Gasteiger partial charge on any atom is -0.397 e. The van der Waals surface area contributed by atoms with Crippen molar-refractivity contribution in [2.75, 3.05) is 25.9 Å². The van der Waals surface area contributed by atoms with Crippen molar-refractivity contribution in [1.82, 2.24) is 24.8 Å². The normalized spacial score (nSPS) is 16.5. The quantitative estimate of drug-likeness (QED) is 0.496. The van der Waals surface area contributed by atoms with E-state index < -0.39 is 0 Å². The number of H-pyrrole nitrogens is 2. The van der Waals surface area contributed by atoms with Gasteiger partial charge in [0.05, 0.1) is 15.9 Å². The maximum Gasteiger partial charge on any atom is 0.261 e. The van der Waals surface area contributed by atoms with Gasteiger partial charge >= 0.3 is 0 Å². The van der Waals surface area contributed by atoms with Gasteiger partial charge in [-0.2, -0.15) is 0 Å². The van der Waals surface area contributed by atoms with Gasteiger partial charge in [-0.05, 0) is 56.6 Å². The molecule has 0 spiro atoms. The first-order valence-corrected chi connectivity index (χ1v) is 9.92. The van der Waals surface area contributed by atoms with Crippen LogP contribution >= 0.6 is 11.3 Å². The van der Waals surface area contributed by atoms with Gasteiger partial charge in [0.2, 0.25) is 0 Å². The van der Waals surface area contributed by atoms with Crippen LogP contribution in [0.2, 0.25) is 0 Å². The summed E-state index contributed by atoms with van der Waals surface area (Å²) in [7, 11) is 2.15. The van der Waals surface area contributed by atoms with E-state index in [1.165, 1.54) is 11.3 Å². The zero-order chi connectivity index (χ0) is 18.5. The number of nitrogens with one attached hydrogen (secondary N) is 2. The molecule has 8 heteroatoms. The number of nitrogen functional groups attached to an aromatic ring is 1. The van der Waals surface area contributed by atoms with Gasteiger partial charge < -0.3 is 20.6 Å². The summed E-state index contributed by atoms with van der Waals surface area (Å²) in [6.07, 6.45) is 2.22. The molecule has 0 aliphatic carbocycles. The SMILES string of the molecule is CN1CCC(c2ccc3nc(-c4c(N)c5sccc5[nH]c4=O)[nH]c3n2)CC1. The summed E-state index contributed by atoms with van der Waals surface area (Å²) in [6.45, 7) is 2.18. The third kappa shape index (κ3) is 2.72. The average Bonchev–Trinajstić information content (AvgIpc) is 3.28. The van der Waals surface area contributed by atoms with Crippen LogP contribution in [-0.4, -0.2) is 45.0 Å². The fourth-order valence-corrected chi connectivity index (χ4v) is 4.65. The first-order chi connectivity index (χ1) is 13.1. The maximum atomic E-state index is 12.6. The van der Waals surface area contributed by atoms with Crippen LogP contribution in [0.5, 0.6) is 0 Å². The summed E-state index contributed by atoms with van der Waals surface area (Å²) in [6, 6.07) is 5.89. The van der Waals surface area contributed by atoms with Crippen LogP contribution in [0, 0.1) is 0 Å². The first kappa shape index (κ1) is 16.5. The molecular formula is C19H20N6OS. The van der Waals surface area contributed by atoms with Crippen LogP contribution in [0.25, 0.3) is 32.8 Å². The van der Waals surface area contributed by atoms with E-state index >= 15 is 0 Å². The number of anilines is 1. The van der Waals surface area contributed by atoms with E-state index in [1.54, 1.807) is 0 Å². The van der Waals surface area contributed by atoms with Gasteiger partial charge in [0.15, 0.2) is 5.65 Å². The fraction of sp³-hybridized carbons (Fsp3) is 0.316. The Morgan fingerprint density at radius 3 is 2.81 bits per heavy atom. The average molecular weight is 380 g/mol. The zero-order valence-corrected chi connectivity index (χ0v) is 15.8. The molecule has 0 amide bonds. The number of rotatable bonds is 2. The van der Waals surface area contributed by atoms with Crippen molar-refractivity contribution in [3.8, 4) is 11.4 Å². The van der Waals surface area contributed by atoms with Crippen LogP contribution in [0.3, 0.4) is 0 Å². The zero-order valence-electron chi connectivity index (χ0n) is 15.0. The second-order valence-electron chi connectivity index (χ2n) is 7.17. The second-order valence-corrected chi connectivity index (χ2v) is 8.09. The van der Waals surface area contributed by atoms with Crippen molar-refractivity contribution < 1.29 is 0 Å². The molecule has 27 heavy (non-hydrogen) atoms. The molecule has 1 saturated heterocycles. The highest BCUT2D eigenvalue weighted by Crippen LogP contribution is 2.32. The standard InChI is InChI=1S/C19H20N6OS/c1-25-7-4-10(5-8-25)11-2-3-13-17(21-11)24-18(22-13)14-15(20)16-12(6-9-27-16)23-19(14)26/h2-3,6,9-10H,4-5,7-8H2,1H3,(H3,20,23,26)(H,21,22,24). The van der Waals surface area contributed by atoms with E-state index in [4.69, 9.17) is 10.7 Å². The smallest absolute Gasteiger partial charge is 0.261 e. The van der Waals surface area contributed by atoms with Crippen molar-refractivity contribution in [1.29, 1.82) is 0 Å². The Hall–Kier alpha value is -2.71. The Labute approximate surface area is 159 Å². The number of hydrogen-bond acceptors (Lipinski definition) is 6. The molecule has 4 aromatic rings. The van der Waals surface area contributed by atoms with Crippen molar-refractivity contribution in [2.45, 2.75) is 18.8 Å². The maximum absolute atomic E-state index is 12.6. The molecule has 0 radical (unpaired) electrons. The number of nitrogens with two attached hydrogens (primary N) is 1.